The molecule has 2 heterocycles. The number of anilines is 1. The summed E-state index contributed by atoms with van der Waals surface area (Å²) in [5, 5.41) is 3.41. The van der Waals surface area contributed by atoms with E-state index >= 15 is 0 Å². The quantitative estimate of drug-likeness (QED) is 0.345. The maximum Gasteiger partial charge on any atom is 0.232 e. The van der Waals surface area contributed by atoms with E-state index in [0.717, 1.165) is 68.2 Å². The number of nitrogens with two attached hydrogens (primary N) is 1. The predicted molar refractivity (Wildman–Crippen MR) is 175 cm³/mol. The number of rotatable bonds is 7. The second-order valence-corrected chi connectivity index (χ2v) is 11.5. The predicted octanol–water partition coefficient (Wildman–Crippen LogP) is 4.93. The van der Waals surface area contributed by atoms with E-state index in [2.05, 4.69) is 64.5 Å². The van der Waals surface area contributed by atoms with Crippen molar-refractivity contribution in [1.29, 1.82) is 0 Å². The molecule has 9 heteroatoms. The number of piperidine rings is 1. The highest BCUT2D eigenvalue weighted by Gasteiger charge is 2.38. The summed E-state index contributed by atoms with van der Waals surface area (Å²) in [6.45, 7) is 11.2. The van der Waals surface area contributed by atoms with Gasteiger partial charge in [0.2, 0.25) is 12.3 Å². The molecule has 0 bridgehead atoms. The third kappa shape index (κ3) is 8.87. The molecule has 3 N–H and O–H groups in total. The Hall–Kier alpha value is -3.77. The maximum absolute atomic E-state index is 13.5. The fourth-order valence-electron chi connectivity index (χ4n) is 6.26. The zero-order chi connectivity index (χ0) is 31.4. The minimum atomic E-state index is -0.194. The van der Waals surface area contributed by atoms with Crippen LogP contribution < -0.4 is 15.8 Å². The number of nitrogens with zero attached hydrogens (tertiary/aromatic N) is 4. The molecule has 234 valence electrons. The van der Waals surface area contributed by atoms with E-state index < -0.39 is 0 Å². The van der Waals surface area contributed by atoms with Gasteiger partial charge in [0.15, 0.2) is 5.84 Å². The third-order valence-corrected chi connectivity index (χ3v) is 8.58. The molecule has 3 fully saturated rings. The molecule has 0 spiro atoms. The molecule has 2 aliphatic heterocycles. The molecule has 1 aromatic rings. The van der Waals surface area contributed by atoms with Crippen LogP contribution in [0, 0.1) is 17.8 Å². The molecule has 1 aromatic carbocycles. The summed E-state index contributed by atoms with van der Waals surface area (Å²) in [6, 6.07) is 6.78. The Morgan fingerprint density at radius 1 is 1.19 bits per heavy atom. The summed E-state index contributed by atoms with van der Waals surface area (Å²) in [5.74, 6) is 8.94. The highest BCUT2D eigenvalue weighted by molar-refractivity contribution is 6.04. The van der Waals surface area contributed by atoms with Gasteiger partial charge in [0.05, 0.1) is 24.4 Å². The number of hydrogen-bond donors (Lipinski definition) is 2. The van der Waals surface area contributed by atoms with E-state index in [4.69, 9.17) is 14.5 Å². The fraction of sp³-hybridized carbons (Fsp3) is 0.559. The Labute approximate surface area is 258 Å². The Balaban J connectivity index is 0.00000162. The highest BCUT2D eigenvalue weighted by atomic mass is 16.5. The van der Waals surface area contributed by atoms with Gasteiger partial charge < -0.3 is 30.5 Å². The van der Waals surface area contributed by atoms with E-state index in [1.54, 1.807) is 12.0 Å². The van der Waals surface area contributed by atoms with Crippen LogP contribution in [0.25, 0.3) is 0 Å². The van der Waals surface area contributed by atoms with Crippen LogP contribution in [0.3, 0.4) is 0 Å². The number of benzene rings is 1. The summed E-state index contributed by atoms with van der Waals surface area (Å²) in [4.78, 5) is 33.7. The van der Waals surface area contributed by atoms with Crippen molar-refractivity contribution >= 4 is 23.8 Å². The topological polar surface area (TPSA) is 104 Å². The van der Waals surface area contributed by atoms with Crippen LogP contribution >= 0.6 is 0 Å². The number of amides is 2. The molecule has 0 aromatic heterocycles. The number of amidine groups is 1. The van der Waals surface area contributed by atoms with E-state index in [1.165, 1.54) is 18.4 Å². The van der Waals surface area contributed by atoms with E-state index in [1.807, 2.05) is 27.0 Å². The van der Waals surface area contributed by atoms with E-state index in [-0.39, 0.29) is 18.2 Å². The first kappa shape index (κ1) is 33.7. The van der Waals surface area contributed by atoms with Crippen LogP contribution in [0.2, 0.25) is 0 Å². The van der Waals surface area contributed by atoms with Gasteiger partial charge in [-0.2, -0.15) is 0 Å². The molecule has 1 aliphatic carbocycles. The molecule has 2 saturated heterocycles. The summed E-state index contributed by atoms with van der Waals surface area (Å²) in [7, 11) is 5.75. The van der Waals surface area contributed by atoms with Gasteiger partial charge in [-0.1, -0.05) is 38.5 Å². The number of likely N-dealkylation sites (tertiary alicyclic amines) is 1. The highest BCUT2D eigenvalue weighted by Crippen LogP contribution is 2.35. The van der Waals surface area contributed by atoms with Crippen molar-refractivity contribution in [3.05, 3.63) is 47.9 Å². The average Bonchev–Trinajstić information content (AvgIpc) is 3.51. The van der Waals surface area contributed by atoms with Gasteiger partial charge in [0, 0.05) is 32.5 Å². The third-order valence-electron chi connectivity index (χ3n) is 8.58. The van der Waals surface area contributed by atoms with Crippen LogP contribution in [-0.2, 0) is 9.59 Å². The van der Waals surface area contributed by atoms with Gasteiger partial charge >= 0.3 is 0 Å². The summed E-state index contributed by atoms with van der Waals surface area (Å²) in [6.07, 6.45) is 10.5. The minimum Gasteiger partial charge on any atom is -0.495 e. The lowest BCUT2D eigenvalue weighted by molar-refractivity contribution is -0.131. The SMILES string of the molecule is C=C(/N=C1\C(=C/C)N(C)C(=O)C(CC#CCC)CN1C1CCCC1)Nc1ccc(C2CCN(C)CC2)cc1OC.NC=O. The Kier molecular flexibility index (Phi) is 13.1. The van der Waals surface area contributed by atoms with Crippen molar-refractivity contribution < 1.29 is 14.3 Å². The molecule has 9 nitrogen and oxygen atoms in total. The number of primary amides is 1. The van der Waals surface area contributed by atoms with Crippen LogP contribution in [-0.4, -0.2) is 79.7 Å². The molecule has 0 radical (unpaired) electrons. The van der Waals surface area contributed by atoms with Crippen molar-refractivity contribution in [3.63, 3.8) is 0 Å². The van der Waals surface area contributed by atoms with Crippen molar-refractivity contribution in [1.82, 2.24) is 14.7 Å². The number of allylic oxidation sites excluding steroid dienone is 1. The standard InChI is InChI=1S/C33H47N5O2.CH3NO/c1-7-9-10-13-27-23-38(28-14-11-12-15-28)32(30(8-2)37(5)33(27)39)35-24(3)34-29-17-16-26(22-31(29)40-6)25-18-20-36(4)21-19-25;2-1-3/h8,16-17,22,25,27-28,34H,3,7,11-15,18-21,23H2,1-2,4-6H3;1H,(H2,2,3)/b30-8+,35-32+;. The maximum atomic E-state index is 13.5. The zero-order valence-electron chi connectivity index (χ0n) is 26.7. The van der Waals surface area contributed by atoms with E-state index in [0.29, 0.717) is 30.7 Å². The Morgan fingerprint density at radius 3 is 2.47 bits per heavy atom. The van der Waals surface area contributed by atoms with Crippen molar-refractivity contribution in [2.45, 2.75) is 77.2 Å². The second kappa shape index (κ2) is 16.8. The number of likely N-dealkylation sites (N-methyl/N-ethyl adjacent to an activating group) is 1. The Bertz CT molecular complexity index is 1230. The number of aliphatic imine (C=N–C) groups is 1. The Morgan fingerprint density at radius 2 is 1.86 bits per heavy atom. The van der Waals surface area contributed by atoms with Gasteiger partial charge in [-0.05, 0) is 76.4 Å². The van der Waals surface area contributed by atoms with Gasteiger partial charge in [0.25, 0.3) is 0 Å². The van der Waals surface area contributed by atoms with E-state index in [9.17, 15) is 4.79 Å². The lowest BCUT2D eigenvalue weighted by atomic mass is 9.89. The minimum absolute atomic E-state index is 0.0939. The average molecular weight is 591 g/mol. The smallest absolute Gasteiger partial charge is 0.232 e. The van der Waals surface area contributed by atoms with Crippen molar-refractivity contribution in [2.24, 2.45) is 16.6 Å². The van der Waals surface area contributed by atoms with Crippen molar-refractivity contribution in [2.75, 3.05) is 46.2 Å². The van der Waals surface area contributed by atoms with Gasteiger partial charge in [-0.15, -0.1) is 11.8 Å². The van der Waals surface area contributed by atoms with Crippen molar-refractivity contribution in [3.8, 4) is 17.6 Å². The lowest BCUT2D eigenvalue weighted by Gasteiger charge is -2.32. The first-order chi connectivity index (χ1) is 20.8. The number of hydrogen-bond acceptors (Lipinski definition) is 6. The molecular weight excluding hydrogens is 540 g/mol. The molecule has 4 rings (SSSR count). The number of carbonyl (C=O) groups excluding carboxylic acids is 2. The summed E-state index contributed by atoms with van der Waals surface area (Å²) >= 11 is 0. The first-order valence-electron chi connectivity index (χ1n) is 15.5. The fourth-order valence-corrected chi connectivity index (χ4v) is 6.26. The molecule has 3 aliphatic rings. The van der Waals surface area contributed by atoms with Gasteiger partial charge in [-0.25, -0.2) is 4.99 Å². The molecule has 1 atom stereocenters. The number of carbonyl (C=O) groups is 2. The van der Waals surface area contributed by atoms with Gasteiger partial charge in [0.1, 0.15) is 11.6 Å². The molecule has 43 heavy (non-hydrogen) atoms. The summed E-state index contributed by atoms with van der Waals surface area (Å²) < 4.78 is 5.80. The molecular formula is C34H50N6O3. The van der Waals surface area contributed by atoms with Gasteiger partial charge in [-0.3, -0.25) is 9.59 Å². The van der Waals surface area contributed by atoms with Crippen LogP contribution in [0.5, 0.6) is 5.75 Å². The number of methoxy groups -OCH3 is 1. The lowest BCUT2D eigenvalue weighted by Crippen LogP contribution is -2.42. The normalized spacial score (nSPS) is 22.0. The molecule has 1 unspecified atom stereocenters. The second-order valence-electron chi connectivity index (χ2n) is 11.5. The summed E-state index contributed by atoms with van der Waals surface area (Å²) in [5.41, 5.74) is 7.14. The number of ether oxygens (including phenoxy) is 1. The number of nitrogens with one attached hydrogen (secondary N) is 1. The zero-order valence-corrected chi connectivity index (χ0v) is 26.7. The largest absolute Gasteiger partial charge is 0.495 e. The van der Waals surface area contributed by atoms with Crippen LogP contribution in [0.15, 0.2) is 47.4 Å². The van der Waals surface area contributed by atoms with Crippen LogP contribution in [0.4, 0.5) is 5.69 Å². The molecule has 1 saturated carbocycles. The monoisotopic (exact) mass is 590 g/mol. The van der Waals surface area contributed by atoms with Crippen LogP contribution in [0.1, 0.15) is 76.7 Å². The first-order valence-corrected chi connectivity index (χ1v) is 15.5. The molecule has 2 amide bonds.